The van der Waals surface area contributed by atoms with E-state index in [1.807, 2.05) is 11.8 Å². The molecule has 2 fully saturated rings. The van der Waals surface area contributed by atoms with E-state index in [4.69, 9.17) is 4.74 Å². The summed E-state index contributed by atoms with van der Waals surface area (Å²) >= 11 is 1.92. The molecule has 3 heteroatoms. The zero-order valence-electron chi connectivity index (χ0n) is 9.58. The number of aliphatic hydroxyl groups is 1. The van der Waals surface area contributed by atoms with Crippen LogP contribution in [-0.4, -0.2) is 34.4 Å². The maximum absolute atomic E-state index is 10.4. The molecular formula is C12H22O2S. The molecule has 0 aromatic heterocycles. The fourth-order valence-corrected chi connectivity index (χ4v) is 3.97. The Labute approximate surface area is 96.8 Å². The first-order chi connectivity index (χ1) is 7.20. The number of ether oxygens (including phenoxy) is 1. The van der Waals surface area contributed by atoms with Gasteiger partial charge in [-0.1, -0.05) is 19.3 Å². The molecule has 1 N–H and O–H groups in total. The molecule has 1 aliphatic carbocycles. The average Bonchev–Trinajstić information content (AvgIpc) is 2.62. The molecule has 2 nitrogen and oxygen atoms in total. The molecule has 0 amide bonds. The first kappa shape index (κ1) is 11.7. The second-order valence-corrected chi connectivity index (χ2v) is 6.23. The van der Waals surface area contributed by atoms with Crippen molar-refractivity contribution in [1.29, 1.82) is 0 Å². The predicted molar refractivity (Wildman–Crippen MR) is 64.3 cm³/mol. The van der Waals surface area contributed by atoms with Gasteiger partial charge in [0.2, 0.25) is 0 Å². The molecule has 2 rings (SSSR count). The quantitative estimate of drug-likeness (QED) is 0.808. The van der Waals surface area contributed by atoms with Gasteiger partial charge < -0.3 is 9.84 Å². The van der Waals surface area contributed by atoms with Crippen LogP contribution in [0, 0.1) is 0 Å². The first-order valence-electron chi connectivity index (χ1n) is 6.15. The Morgan fingerprint density at radius 1 is 1.33 bits per heavy atom. The SMILES string of the molecule is CC1OCCC1SCC1(O)CCCCC1. The first-order valence-corrected chi connectivity index (χ1v) is 7.20. The highest BCUT2D eigenvalue weighted by Gasteiger charge is 2.32. The summed E-state index contributed by atoms with van der Waals surface area (Å²) in [5, 5.41) is 11.0. The third kappa shape index (κ3) is 3.11. The highest BCUT2D eigenvalue weighted by molar-refractivity contribution is 8.00. The van der Waals surface area contributed by atoms with E-state index < -0.39 is 0 Å². The van der Waals surface area contributed by atoms with E-state index in [-0.39, 0.29) is 5.60 Å². The summed E-state index contributed by atoms with van der Waals surface area (Å²) in [7, 11) is 0. The molecule has 0 aromatic carbocycles. The number of hydrogen-bond acceptors (Lipinski definition) is 3. The highest BCUT2D eigenvalue weighted by atomic mass is 32.2. The molecule has 0 bridgehead atoms. The summed E-state index contributed by atoms with van der Waals surface area (Å²) in [4.78, 5) is 0. The minimum absolute atomic E-state index is 0.370. The van der Waals surface area contributed by atoms with Gasteiger partial charge in [-0.2, -0.15) is 11.8 Å². The lowest BCUT2D eigenvalue weighted by Gasteiger charge is -2.32. The second-order valence-electron chi connectivity index (χ2n) is 5.00. The van der Waals surface area contributed by atoms with Crippen molar-refractivity contribution in [3.8, 4) is 0 Å². The lowest BCUT2D eigenvalue weighted by molar-refractivity contribution is 0.0271. The molecule has 1 saturated heterocycles. The Morgan fingerprint density at radius 2 is 2.07 bits per heavy atom. The molecule has 0 aromatic rings. The van der Waals surface area contributed by atoms with E-state index >= 15 is 0 Å². The maximum Gasteiger partial charge on any atom is 0.0737 e. The summed E-state index contributed by atoms with van der Waals surface area (Å²) in [5.41, 5.74) is -0.370. The van der Waals surface area contributed by atoms with Crippen molar-refractivity contribution in [3.63, 3.8) is 0 Å². The lowest BCUT2D eigenvalue weighted by atomic mass is 9.86. The smallest absolute Gasteiger partial charge is 0.0737 e. The van der Waals surface area contributed by atoms with Gasteiger partial charge in [-0.3, -0.25) is 0 Å². The minimum Gasteiger partial charge on any atom is -0.389 e. The van der Waals surface area contributed by atoms with Crippen LogP contribution in [0.1, 0.15) is 45.4 Å². The summed E-state index contributed by atoms with van der Waals surface area (Å²) < 4.78 is 5.54. The molecule has 1 heterocycles. The third-order valence-corrected chi connectivity index (χ3v) is 5.41. The van der Waals surface area contributed by atoms with E-state index in [0.717, 1.165) is 31.6 Å². The average molecular weight is 230 g/mol. The molecule has 0 radical (unpaired) electrons. The van der Waals surface area contributed by atoms with Gasteiger partial charge in [0.1, 0.15) is 0 Å². The minimum atomic E-state index is -0.370. The second kappa shape index (κ2) is 5.07. The number of thioether (sulfide) groups is 1. The maximum atomic E-state index is 10.4. The standard InChI is InChI=1S/C12H22O2S/c1-10-11(5-8-14-10)15-9-12(13)6-3-2-4-7-12/h10-11,13H,2-9H2,1H3. The molecule has 2 atom stereocenters. The Morgan fingerprint density at radius 3 is 2.67 bits per heavy atom. The van der Waals surface area contributed by atoms with Gasteiger partial charge >= 0.3 is 0 Å². The van der Waals surface area contributed by atoms with E-state index in [1.54, 1.807) is 0 Å². The number of rotatable bonds is 3. The molecule has 1 aliphatic heterocycles. The van der Waals surface area contributed by atoms with Gasteiger partial charge in [-0.05, 0) is 26.2 Å². The van der Waals surface area contributed by atoms with E-state index in [0.29, 0.717) is 11.4 Å². The monoisotopic (exact) mass is 230 g/mol. The van der Waals surface area contributed by atoms with Crippen molar-refractivity contribution in [2.24, 2.45) is 0 Å². The predicted octanol–water partition coefficient (Wildman–Crippen LogP) is 2.59. The van der Waals surface area contributed by atoms with Gasteiger partial charge in [-0.25, -0.2) is 0 Å². The largest absolute Gasteiger partial charge is 0.389 e. The van der Waals surface area contributed by atoms with E-state index in [1.165, 1.54) is 19.3 Å². The third-order valence-electron chi connectivity index (χ3n) is 3.66. The number of hydrogen-bond donors (Lipinski definition) is 1. The van der Waals surface area contributed by atoms with Gasteiger partial charge in [0.25, 0.3) is 0 Å². The van der Waals surface area contributed by atoms with Crippen LogP contribution in [0.25, 0.3) is 0 Å². The molecule has 15 heavy (non-hydrogen) atoms. The lowest BCUT2D eigenvalue weighted by Crippen LogP contribution is -2.35. The van der Waals surface area contributed by atoms with Crippen molar-refractivity contribution in [2.45, 2.75) is 62.4 Å². The van der Waals surface area contributed by atoms with Crippen LogP contribution < -0.4 is 0 Å². The zero-order chi connectivity index (χ0) is 10.7. The van der Waals surface area contributed by atoms with Crippen LogP contribution in [0.15, 0.2) is 0 Å². The zero-order valence-corrected chi connectivity index (χ0v) is 10.4. The molecule has 2 unspecified atom stereocenters. The van der Waals surface area contributed by atoms with Crippen LogP contribution in [-0.2, 0) is 4.74 Å². The summed E-state index contributed by atoms with van der Waals surface area (Å²) in [6.07, 6.45) is 7.24. The molecule has 2 aliphatic rings. The van der Waals surface area contributed by atoms with Gasteiger partial charge in [0.15, 0.2) is 0 Å². The molecular weight excluding hydrogens is 208 g/mol. The van der Waals surface area contributed by atoms with Gasteiger partial charge in [0.05, 0.1) is 11.7 Å². The molecule has 1 saturated carbocycles. The van der Waals surface area contributed by atoms with Crippen molar-refractivity contribution in [3.05, 3.63) is 0 Å². The van der Waals surface area contributed by atoms with Crippen molar-refractivity contribution in [1.82, 2.24) is 0 Å². The summed E-state index contributed by atoms with van der Waals surface area (Å²) in [6, 6.07) is 0. The Hall–Kier alpha value is 0.270. The summed E-state index contributed by atoms with van der Waals surface area (Å²) in [5.74, 6) is 0.908. The van der Waals surface area contributed by atoms with Crippen LogP contribution in [0.3, 0.4) is 0 Å². The highest BCUT2D eigenvalue weighted by Crippen LogP contribution is 2.35. The van der Waals surface area contributed by atoms with Crippen LogP contribution in [0.5, 0.6) is 0 Å². The fraction of sp³-hybridized carbons (Fsp3) is 1.00. The van der Waals surface area contributed by atoms with Crippen LogP contribution in [0.2, 0.25) is 0 Å². The van der Waals surface area contributed by atoms with Crippen LogP contribution >= 0.6 is 11.8 Å². The Balaban J connectivity index is 1.76. The molecule has 0 spiro atoms. The van der Waals surface area contributed by atoms with Crippen molar-refractivity contribution >= 4 is 11.8 Å². The van der Waals surface area contributed by atoms with Gasteiger partial charge in [0, 0.05) is 17.6 Å². The van der Waals surface area contributed by atoms with Crippen molar-refractivity contribution in [2.75, 3.05) is 12.4 Å². The Bertz CT molecular complexity index is 202. The van der Waals surface area contributed by atoms with E-state index in [2.05, 4.69) is 6.92 Å². The fourth-order valence-electron chi connectivity index (χ4n) is 2.55. The summed E-state index contributed by atoms with van der Waals surface area (Å²) in [6.45, 7) is 3.05. The topological polar surface area (TPSA) is 29.5 Å². The molecule has 88 valence electrons. The van der Waals surface area contributed by atoms with Crippen molar-refractivity contribution < 1.29 is 9.84 Å². The van der Waals surface area contributed by atoms with Gasteiger partial charge in [-0.15, -0.1) is 0 Å². The van der Waals surface area contributed by atoms with E-state index in [9.17, 15) is 5.11 Å². The van der Waals surface area contributed by atoms with Crippen LogP contribution in [0.4, 0.5) is 0 Å². The Kier molecular flexibility index (Phi) is 3.97. The normalized spacial score (nSPS) is 35.6.